The normalized spacial score (nSPS) is 18.4. The Labute approximate surface area is 95.4 Å². The molecule has 1 aliphatic rings. The Morgan fingerprint density at radius 1 is 1.50 bits per heavy atom. The molecular weight excluding hydrogens is 206 g/mol. The minimum atomic E-state index is -0.495. The summed E-state index contributed by atoms with van der Waals surface area (Å²) in [4.78, 5) is 2.06. The highest BCUT2D eigenvalue weighted by atomic mass is 16.5. The van der Waals surface area contributed by atoms with Gasteiger partial charge in [-0.05, 0) is 26.2 Å². The zero-order chi connectivity index (χ0) is 11.5. The van der Waals surface area contributed by atoms with Gasteiger partial charge in [-0.3, -0.25) is 0 Å². The minimum absolute atomic E-state index is 0.344. The zero-order valence-electron chi connectivity index (χ0n) is 9.64. The molecule has 0 aromatic heterocycles. The van der Waals surface area contributed by atoms with E-state index >= 15 is 0 Å². The van der Waals surface area contributed by atoms with Gasteiger partial charge in [0.15, 0.2) is 0 Å². The van der Waals surface area contributed by atoms with Crippen molar-refractivity contribution < 1.29 is 14.6 Å². The number of likely N-dealkylation sites (N-methyl/N-ethyl adjacent to an activating group) is 1. The average Bonchev–Trinajstić information content (AvgIpc) is 2.60. The maximum Gasteiger partial charge on any atom is 0.129 e. The van der Waals surface area contributed by atoms with Gasteiger partial charge in [0.25, 0.3) is 0 Å². The first kappa shape index (κ1) is 11.2. The van der Waals surface area contributed by atoms with E-state index in [-0.39, 0.29) is 0 Å². The third kappa shape index (κ3) is 2.46. The average molecular weight is 223 g/mol. The monoisotopic (exact) mass is 223 g/mol. The number of benzene rings is 1. The molecule has 0 saturated heterocycles. The highest BCUT2D eigenvalue weighted by Crippen LogP contribution is 2.34. The second-order valence-electron chi connectivity index (χ2n) is 4.18. The van der Waals surface area contributed by atoms with Crippen molar-refractivity contribution in [2.45, 2.75) is 6.10 Å². The molecule has 1 atom stereocenters. The fourth-order valence-electron chi connectivity index (χ4n) is 1.61. The van der Waals surface area contributed by atoms with Gasteiger partial charge in [-0.2, -0.15) is 0 Å². The van der Waals surface area contributed by atoms with Crippen molar-refractivity contribution in [1.29, 1.82) is 0 Å². The van der Waals surface area contributed by atoms with Gasteiger partial charge in [0, 0.05) is 18.2 Å². The molecule has 1 heterocycles. The quantitative estimate of drug-likeness (QED) is 0.828. The molecule has 0 spiro atoms. The number of ether oxygens (including phenoxy) is 2. The third-order valence-corrected chi connectivity index (χ3v) is 2.55. The van der Waals surface area contributed by atoms with Crippen LogP contribution in [0.25, 0.3) is 0 Å². The van der Waals surface area contributed by atoms with Crippen LogP contribution in [0, 0.1) is 0 Å². The van der Waals surface area contributed by atoms with E-state index in [0.717, 1.165) is 23.6 Å². The Kier molecular flexibility index (Phi) is 3.31. The Bertz CT molecular complexity index is 365. The van der Waals surface area contributed by atoms with E-state index in [1.165, 1.54) is 0 Å². The van der Waals surface area contributed by atoms with E-state index in [2.05, 4.69) is 4.90 Å². The highest BCUT2D eigenvalue weighted by molar-refractivity contribution is 5.44. The van der Waals surface area contributed by atoms with Crippen molar-refractivity contribution >= 4 is 0 Å². The SMILES string of the molecule is CN(C)CCOc1ccc2c(c1)OCC2O. The Morgan fingerprint density at radius 2 is 2.31 bits per heavy atom. The molecule has 4 heteroatoms. The molecule has 0 amide bonds. The molecule has 2 rings (SSSR count). The van der Waals surface area contributed by atoms with E-state index in [4.69, 9.17) is 9.47 Å². The van der Waals surface area contributed by atoms with E-state index in [9.17, 15) is 5.11 Å². The lowest BCUT2D eigenvalue weighted by molar-refractivity contribution is 0.140. The van der Waals surface area contributed by atoms with Crippen LogP contribution in [0.15, 0.2) is 18.2 Å². The van der Waals surface area contributed by atoms with Crippen LogP contribution < -0.4 is 9.47 Å². The van der Waals surface area contributed by atoms with Crippen LogP contribution in [0.1, 0.15) is 11.7 Å². The molecule has 1 N–H and O–H groups in total. The molecule has 0 fully saturated rings. The zero-order valence-corrected chi connectivity index (χ0v) is 9.64. The highest BCUT2D eigenvalue weighted by Gasteiger charge is 2.21. The van der Waals surface area contributed by atoms with Crippen molar-refractivity contribution in [2.75, 3.05) is 33.9 Å². The van der Waals surface area contributed by atoms with E-state index in [0.29, 0.717) is 13.2 Å². The van der Waals surface area contributed by atoms with Gasteiger partial charge in [-0.1, -0.05) is 0 Å². The maximum atomic E-state index is 9.55. The van der Waals surface area contributed by atoms with Gasteiger partial charge in [-0.15, -0.1) is 0 Å². The van der Waals surface area contributed by atoms with Gasteiger partial charge >= 0.3 is 0 Å². The largest absolute Gasteiger partial charge is 0.492 e. The first-order chi connectivity index (χ1) is 7.66. The van der Waals surface area contributed by atoms with E-state index < -0.39 is 6.10 Å². The summed E-state index contributed by atoms with van der Waals surface area (Å²) >= 11 is 0. The second kappa shape index (κ2) is 4.72. The molecule has 88 valence electrons. The molecule has 0 saturated carbocycles. The molecule has 1 aliphatic heterocycles. The number of hydrogen-bond donors (Lipinski definition) is 1. The number of rotatable bonds is 4. The Balaban J connectivity index is 1.97. The predicted octanol–water partition coefficient (Wildman–Crippen LogP) is 1.05. The molecule has 0 radical (unpaired) electrons. The first-order valence-electron chi connectivity index (χ1n) is 5.39. The van der Waals surface area contributed by atoms with Crippen molar-refractivity contribution in [1.82, 2.24) is 4.90 Å². The summed E-state index contributed by atoms with van der Waals surface area (Å²) < 4.78 is 10.9. The van der Waals surface area contributed by atoms with Crippen molar-refractivity contribution in [3.05, 3.63) is 23.8 Å². The fraction of sp³-hybridized carbons (Fsp3) is 0.500. The summed E-state index contributed by atoms with van der Waals surface area (Å²) in [5.74, 6) is 1.52. The summed E-state index contributed by atoms with van der Waals surface area (Å²) in [5, 5.41) is 9.55. The number of nitrogens with zero attached hydrogens (tertiary/aromatic N) is 1. The van der Waals surface area contributed by atoms with E-state index in [1.807, 2.05) is 32.3 Å². The summed E-state index contributed by atoms with van der Waals surface area (Å²) in [6.45, 7) is 1.87. The summed E-state index contributed by atoms with van der Waals surface area (Å²) in [6, 6.07) is 5.56. The third-order valence-electron chi connectivity index (χ3n) is 2.55. The Morgan fingerprint density at radius 3 is 3.06 bits per heavy atom. The van der Waals surface area contributed by atoms with Crippen LogP contribution in [0.3, 0.4) is 0 Å². The molecule has 4 nitrogen and oxygen atoms in total. The molecule has 1 unspecified atom stereocenters. The summed E-state index contributed by atoms with van der Waals surface area (Å²) in [7, 11) is 4.01. The molecule has 16 heavy (non-hydrogen) atoms. The van der Waals surface area contributed by atoms with Crippen LogP contribution in [0.2, 0.25) is 0 Å². The lowest BCUT2D eigenvalue weighted by atomic mass is 10.1. The molecular formula is C12H17NO3. The van der Waals surface area contributed by atoms with Gasteiger partial charge in [0.2, 0.25) is 0 Å². The first-order valence-corrected chi connectivity index (χ1v) is 5.39. The molecule has 0 aliphatic carbocycles. The number of hydrogen-bond acceptors (Lipinski definition) is 4. The fourth-order valence-corrected chi connectivity index (χ4v) is 1.61. The van der Waals surface area contributed by atoms with E-state index in [1.54, 1.807) is 0 Å². The lowest BCUT2D eigenvalue weighted by Gasteiger charge is -2.11. The lowest BCUT2D eigenvalue weighted by Crippen LogP contribution is -2.19. The van der Waals surface area contributed by atoms with Crippen LogP contribution in [0.4, 0.5) is 0 Å². The molecule has 1 aromatic rings. The standard InChI is InChI=1S/C12H17NO3/c1-13(2)5-6-15-9-3-4-10-11(14)8-16-12(10)7-9/h3-4,7,11,14H,5-6,8H2,1-2H3. The van der Waals surface area contributed by atoms with Crippen molar-refractivity contribution in [3.63, 3.8) is 0 Å². The molecule has 1 aromatic carbocycles. The summed E-state index contributed by atoms with van der Waals surface area (Å²) in [5.41, 5.74) is 0.847. The minimum Gasteiger partial charge on any atom is -0.492 e. The van der Waals surface area contributed by atoms with Crippen molar-refractivity contribution in [3.8, 4) is 11.5 Å². The number of fused-ring (bicyclic) bond motifs is 1. The summed E-state index contributed by atoms with van der Waals surface area (Å²) in [6.07, 6.45) is -0.495. The molecule has 0 bridgehead atoms. The van der Waals surface area contributed by atoms with Gasteiger partial charge in [-0.25, -0.2) is 0 Å². The van der Waals surface area contributed by atoms with Crippen molar-refractivity contribution in [2.24, 2.45) is 0 Å². The maximum absolute atomic E-state index is 9.55. The number of aliphatic hydroxyl groups excluding tert-OH is 1. The van der Waals surface area contributed by atoms with Gasteiger partial charge in [0.1, 0.15) is 30.8 Å². The van der Waals surface area contributed by atoms with Gasteiger partial charge in [0.05, 0.1) is 0 Å². The van der Waals surface area contributed by atoms with Crippen LogP contribution in [-0.2, 0) is 0 Å². The van der Waals surface area contributed by atoms with Gasteiger partial charge < -0.3 is 19.5 Å². The second-order valence-corrected chi connectivity index (χ2v) is 4.18. The Hall–Kier alpha value is -1.26. The number of aliphatic hydroxyl groups is 1. The smallest absolute Gasteiger partial charge is 0.129 e. The van der Waals surface area contributed by atoms with Crippen LogP contribution in [0.5, 0.6) is 11.5 Å². The van der Waals surface area contributed by atoms with Crippen LogP contribution in [-0.4, -0.2) is 43.9 Å². The topological polar surface area (TPSA) is 41.9 Å². The predicted molar refractivity (Wildman–Crippen MR) is 60.9 cm³/mol. The van der Waals surface area contributed by atoms with Crippen LogP contribution >= 0.6 is 0 Å².